The first-order chi connectivity index (χ1) is 7.74. The van der Waals surface area contributed by atoms with Crippen molar-refractivity contribution in [3.63, 3.8) is 0 Å². The lowest BCUT2D eigenvalue weighted by Gasteiger charge is -2.05. The van der Waals surface area contributed by atoms with Gasteiger partial charge in [-0.15, -0.1) is 0 Å². The molecule has 0 amide bonds. The Morgan fingerprint density at radius 2 is 1.88 bits per heavy atom. The number of hydrogen-bond donors (Lipinski definition) is 0. The molecule has 0 radical (unpaired) electrons. The van der Waals surface area contributed by atoms with E-state index in [1.54, 1.807) is 0 Å². The summed E-state index contributed by atoms with van der Waals surface area (Å²) in [7, 11) is 0. The molecular formula is C14H19N2+. The van der Waals surface area contributed by atoms with Crippen LogP contribution in [0.15, 0.2) is 42.7 Å². The van der Waals surface area contributed by atoms with Crippen LogP contribution >= 0.6 is 0 Å². The van der Waals surface area contributed by atoms with Crippen molar-refractivity contribution in [2.75, 3.05) is 0 Å². The number of rotatable bonds is 3. The molecular weight excluding hydrogens is 196 g/mol. The molecule has 0 aliphatic heterocycles. The van der Waals surface area contributed by atoms with E-state index in [0.29, 0.717) is 6.04 Å². The van der Waals surface area contributed by atoms with Gasteiger partial charge >= 0.3 is 0 Å². The summed E-state index contributed by atoms with van der Waals surface area (Å²) < 4.78 is 4.59. The fourth-order valence-corrected chi connectivity index (χ4v) is 2.08. The van der Waals surface area contributed by atoms with Gasteiger partial charge in [-0.1, -0.05) is 25.1 Å². The Balaban J connectivity index is 2.50. The Hall–Kier alpha value is -1.57. The molecule has 1 aromatic heterocycles. The summed E-state index contributed by atoms with van der Waals surface area (Å²) in [5.74, 6) is 1.35. The SMILES string of the molecule is CCc1n(-c2ccccc2)cc[n+]1C(C)C. The third-order valence-electron chi connectivity index (χ3n) is 2.86. The quantitative estimate of drug-likeness (QED) is 0.696. The third kappa shape index (κ3) is 1.87. The standard InChI is InChI=1S/C14H19N2/c1-4-14-15(12(2)3)10-11-16(14)13-8-6-5-7-9-13/h5-12H,4H2,1-3H3/q+1. The molecule has 0 saturated carbocycles. The average molecular weight is 215 g/mol. The Bertz CT molecular complexity index is 455. The van der Waals surface area contributed by atoms with E-state index in [4.69, 9.17) is 0 Å². The minimum absolute atomic E-state index is 0.514. The molecule has 2 aromatic rings. The fourth-order valence-electron chi connectivity index (χ4n) is 2.08. The molecule has 2 rings (SSSR count). The largest absolute Gasteiger partial charge is 0.261 e. The van der Waals surface area contributed by atoms with Gasteiger partial charge in [-0.2, -0.15) is 4.57 Å². The summed E-state index contributed by atoms with van der Waals surface area (Å²) in [4.78, 5) is 0. The number of para-hydroxylation sites is 1. The molecule has 16 heavy (non-hydrogen) atoms. The first-order valence-corrected chi connectivity index (χ1v) is 5.90. The van der Waals surface area contributed by atoms with Crippen LogP contribution in [0.3, 0.4) is 0 Å². The lowest BCUT2D eigenvalue weighted by molar-refractivity contribution is -0.722. The number of aromatic nitrogens is 2. The minimum atomic E-state index is 0.514. The van der Waals surface area contributed by atoms with Gasteiger partial charge in [0.15, 0.2) is 0 Å². The van der Waals surface area contributed by atoms with E-state index in [1.165, 1.54) is 11.5 Å². The Labute approximate surface area is 97.2 Å². The zero-order valence-corrected chi connectivity index (χ0v) is 10.2. The van der Waals surface area contributed by atoms with E-state index in [2.05, 4.69) is 72.6 Å². The third-order valence-corrected chi connectivity index (χ3v) is 2.86. The summed E-state index contributed by atoms with van der Waals surface area (Å²) >= 11 is 0. The second-order valence-corrected chi connectivity index (χ2v) is 4.27. The van der Waals surface area contributed by atoms with Gasteiger partial charge < -0.3 is 0 Å². The van der Waals surface area contributed by atoms with Crippen LogP contribution in [0.5, 0.6) is 0 Å². The summed E-state index contributed by atoms with van der Waals surface area (Å²) in [6.07, 6.45) is 5.35. The molecule has 0 aliphatic rings. The molecule has 1 heterocycles. The predicted octanol–water partition coefficient (Wildman–Crippen LogP) is 2.91. The minimum Gasteiger partial charge on any atom is -0.232 e. The second-order valence-electron chi connectivity index (χ2n) is 4.27. The van der Waals surface area contributed by atoms with E-state index in [-0.39, 0.29) is 0 Å². The van der Waals surface area contributed by atoms with Crippen LogP contribution in [-0.4, -0.2) is 4.57 Å². The molecule has 0 bridgehead atoms. The van der Waals surface area contributed by atoms with E-state index in [0.717, 1.165) is 6.42 Å². The van der Waals surface area contributed by atoms with Crippen LogP contribution < -0.4 is 4.57 Å². The highest BCUT2D eigenvalue weighted by atomic mass is 15.2. The Morgan fingerprint density at radius 3 is 2.44 bits per heavy atom. The van der Waals surface area contributed by atoms with E-state index >= 15 is 0 Å². The van der Waals surface area contributed by atoms with Crippen LogP contribution in [0, 0.1) is 0 Å². The van der Waals surface area contributed by atoms with Gasteiger partial charge in [0.2, 0.25) is 0 Å². The predicted molar refractivity (Wildman–Crippen MR) is 65.7 cm³/mol. The van der Waals surface area contributed by atoms with Crippen molar-refractivity contribution in [3.05, 3.63) is 48.5 Å². The van der Waals surface area contributed by atoms with Gasteiger partial charge in [-0.05, 0) is 26.0 Å². The van der Waals surface area contributed by atoms with Gasteiger partial charge in [0.05, 0.1) is 6.04 Å². The first-order valence-electron chi connectivity index (χ1n) is 5.90. The van der Waals surface area contributed by atoms with Crippen LogP contribution in [-0.2, 0) is 6.42 Å². The topological polar surface area (TPSA) is 8.81 Å². The number of hydrogen-bond acceptors (Lipinski definition) is 0. The molecule has 0 N–H and O–H groups in total. The highest BCUT2D eigenvalue weighted by molar-refractivity contribution is 5.31. The highest BCUT2D eigenvalue weighted by Gasteiger charge is 2.18. The Morgan fingerprint density at radius 1 is 1.19 bits per heavy atom. The van der Waals surface area contributed by atoms with E-state index < -0.39 is 0 Å². The lowest BCUT2D eigenvalue weighted by Crippen LogP contribution is -2.39. The number of imidazole rings is 1. The van der Waals surface area contributed by atoms with Gasteiger partial charge in [0.25, 0.3) is 5.82 Å². The zero-order valence-electron chi connectivity index (χ0n) is 10.2. The van der Waals surface area contributed by atoms with Crippen molar-refractivity contribution in [2.45, 2.75) is 33.2 Å². The molecule has 0 fully saturated rings. The molecule has 0 saturated heterocycles. The van der Waals surface area contributed by atoms with Crippen molar-refractivity contribution in [2.24, 2.45) is 0 Å². The number of benzene rings is 1. The molecule has 2 heteroatoms. The van der Waals surface area contributed by atoms with Crippen LogP contribution in [0.2, 0.25) is 0 Å². The summed E-state index contributed by atoms with van der Waals surface area (Å²) in [6, 6.07) is 11.0. The van der Waals surface area contributed by atoms with Crippen LogP contribution in [0.1, 0.15) is 32.6 Å². The average Bonchev–Trinajstić information content (AvgIpc) is 2.73. The normalized spacial score (nSPS) is 11.0. The van der Waals surface area contributed by atoms with Crippen molar-refractivity contribution in [1.29, 1.82) is 0 Å². The van der Waals surface area contributed by atoms with Crippen molar-refractivity contribution >= 4 is 0 Å². The second kappa shape index (κ2) is 4.52. The molecule has 84 valence electrons. The Kier molecular flexibility index (Phi) is 3.09. The molecule has 0 atom stereocenters. The van der Waals surface area contributed by atoms with Gasteiger partial charge in [-0.25, -0.2) is 4.57 Å². The van der Waals surface area contributed by atoms with Gasteiger partial charge in [0, 0.05) is 6.42 Å². The molecule has 2 nitrogen and oxygen atoms in total. The van der Waals surface area contributed by atoms with Crippen molar-refractivity contribution in [3.8, 4) is 5.69 Å². The monoisotopic (exact) mass is 215 g/mol. The lowest BCUT2D eigenvalue weighted by atomic mass is 10.3. The first kappa shape index (κ1) is 10.9. The maximum Gasteiger partial charge on any atom is 0.261 e. The van der Waals surface area contributed by atoms with E-state index in [9.17, 15) is 0 Å². The van der Waals surface area contributed by atoms with E-state index in [1.807, 2.05) is 0 Å². The molecule has 0 unspecified atom stereocenters. The maximum atomic E-state index is 2.33. The highest BCUT2D eigenvalue weighted by Crippen LogP contribution is 2.11. The zero-order chi connectivity index (χ0) is 11.5. The van der Waals surface area contributed by atoms with Gasteiger partial charge in [-0.3, -0.25) is 0 Å². The van der Waals surface area contributed by atoms with Gasteiger partial charge in [0.1, 0.15) is 18.1 Å². The molecule has 1 aromatic carbocycles. The van der Waals surface area contributed by atoms with Crippen LogP contribution in [0.4, 0.5) is 0 Å². The molecule has 0 aliphatic carbocycles. The smallest absolute Gasteiger partial charge is 0.232 e. The summed E-state index contributed by atoms with van der Waals surface area (Å²) in [5, 5.41) is 0. The fraction of sp³-hybridized carbons (Fsp3) is 0.357. The summed E-state index contributed by atoms with van der Waals surface area (Å²) in [6.45, 7) is 6.64. The van der Waals surface area contributed by atoms with Crippen molar-refractivity contribution < 1.29 is 4.57 Å². The number of nitrogens with zero attached hydrogens (tertiary/aromatic N) is 2. The van der Waals surface area contributed by atoms with Crippen LogP contribution in [0.25, 0.3) is 5.69 Å². The van der Waals surface area contributed by atoms with Crippen molar-refractivity contribution in [1.82, 2.24) is 4.57 Å². The summed E-state index contributed by atoms with van der Waals surface area (Å²) in [5.41, 5.74) is 1.23. The molecule has 0 spiro atoms. The maximum absolute atomic E-state index is 2.33.